The van der Waals surface area contributed by atoms with Gasteiger partial charge < -0.3 is 20.9 Å². The Kier molecular flexibility index (Phi) is 6.71. The van der Waals surface area contributed by atoms with E-state index in [-0.39, 0.29) is 9.81 Å². The molecule has 0 spiro atoms. The van der Waals surface area contributed by atoms with Crippen molar-refractivity contribution in [3.05, 3.63) is 42.1 Å². The molecule has 1 fully saturated rings. The molecule has 1 aliphatic rings. The molecule has 9 nitrogen and oxygen atoms in total. The Balaban J connectivity index is 1.65. The van der Waals surface area contributed by atoms with Gasteiger partial charge >= 0.3 is 0 Å². The SMILES string of the molecule is CC(C)c1cnn2c(Nc3ccc([N+](C)(C)S(=O)[O-])cc3)cc(NC3CCC(N)CC3)nc12. The van der Waals surface area contributed by atoms with Crippen LogP contribution in [0.5, 0.6) is 0 Å². The topological polar surface area (TPSA) is 120 Å². The van der Waals surface area contributed by atoms with Crippen LogP contribution in [0.4, 0.5) is 23.0 Å². The molecule has 1 atom stereocenters. The molecular formula is C23H33N7O2S. The third-order valence-corrected chi connectivity index (χ3v) is 7.34. The quantitative estimate of drug-likeness (QED) is 0.355. The summed E-state index contributed by atoms with van der Waals surface area (Å²) in [6.07, 6.45) is 5.97. The van der Waals surface area contributed by atoms with Crippen molar-refractivity contribution >= 4 is 39.9 Å². The summed E-state index contributed by atoms with van der Waals surface area (Å²) in [5, 5.41) is 11.6. The molecule has 2 aromatic heterocycles. The second-order valence-corrected chi connectivity index (χ2v) is 10.9. The number of fused-ring (bicyclic) bond motifs is 1. The van der Waals surface area contributed by atoms with E-state index in [1.165, 1.54) is 0 Å². The number of nitrogens with two attached hydrogens (primary N) is 1. The van der Waals surface area contributed by atoms with Crippen LogP contribution in [0.2, 0.25) is 0 Å². The fraction of sp³-hybridized carbons (Fsp3) is 0.478. The van der Waals surface area contributed by atoms with Gasteiger partial charge in [-0.1, -0.05) is 13.8 Å². The van der Waals surface area contributed by atoms with Crippen LogP contribution in [0.15, 0.2) is 36.5 Å². The molecule has 2 heterocycles. The van der Waals surface area contributed by atoms with E-state index >= 15 is 0 Å². The van der Waals surface area contributed by atoms with Crippen molar-refractivity contribution in [1.82, 2.24) is 18.5 Å². The molecule has 1 aromatic carbocycles. The number of rotatable bonds is 7. The first-order chi connectivity index (χ1) is 15.6. The lowest BCUT2D eigenvalue weighted by Crippen LogP contribution is -2.41. The summed E-state index contributed by atoms with van der Waals surface area (Å²) in [7, 11) is 3.26. The zero-order chi connectivity index (χ0) is 23.8. The number of anilines is 3. The minimum absolute atomic E-state index is 0.240. The van der Waals surface area contributed by atoms with Gasteiger partial charge in [-0.25, -0.2) is 13.1 Å². The smallest absolute Gasteiger partial charge is 0.163 e. The Morgan fingerprint density at radius 1 is 1.18 bits per heavy atom. The third-order valence-electron chi connectivity index (χ3n) is 6.38. The van der Waals surface area contributed by atoms with Crippen LogP contribution in [0, 0.1) is 0 Å². The van der Waals surface area contributed by atoms with Crippen LogP contribution in [0.25, 0.3) is 5.65 Å². The zero-order valence-corrected chi connectivity index (χ0v) is 20.4. The van der Waals surface area contributed by atoms with Gasteiger partial charge in [-0.2, -0.15) is 9.61 Å². The van der Waals surface area contributed by atoms with E-state index in [2.05, 4.69) is 29.6 Å². The van der Waals surface area contributed by atoms with Crippen molar-refractivity contribution in [3.8, 4) is 0 Å². The van der Waals surface area contributed by atoms with Crippen molar-refractivity contribution < 1.29 is 8.76 Å². The van der Waals surface area contributed by atoms with E-state index in [0.717, 1.165) is 54.2 Å². The Morgan fingerprint density at radius 3 is 2.45 bits per heavy atom. The maximum Gasteiger partial charge on any atom is 0.163 e. The van der Waals surface area contributed by atoms with Gasteiger partial charge in [0.05, 0.1) is 20.3 Å². The number of hydrogen-bond acceptors (Lipinski definition) is 7. The van der Waals surface area contributed by atoms with Crippen LogP contribution in [0.1, 0.15) is 51.0 Å². The molecule has 33 heavy (non-hydrogen) atoms. The molecule has 4 N–H and O–H groups in total. The maximum atomic E-state index is 11.5. The Labute approximate surface area is 197 Å². The predicted octanol–water partition coefficient (Wildman–Crippen LogP) is 3.64. The Hall–Kier alpha value is -2.53. The van der Waals surface area contributed by atoms with Crippen molar-refractivity contribution in [1.29, 1.82) is 0 Å². The van der Waals surface area contributed by atoms with E-state index in [4.69, 9.17) is 10.7 Å². The molecule has 0 saturated heterocycles. The number of benzene rings is 1. The van der Waals surface area contributed by atoms with Crippen LogP contribution in [0.3, 0.4) is 0 Å². The van der Waals surface area contributed by atoms with Crippen molar-refractivity contribution in [2.45, 2.75) is 57.5 Å². The molecule has 0 bridgehead atoms. The molecule has 1 unspecified atom stereocenters. The summed E-state index contributed by atoms with van der Waals surface area (Å²) in [4.78, 5) is 4.88. The summed E-state index contributed by atoms with van der Waals surface area (Å²) < 4.78 is 24.7. The van der Waals surface area contributed by atoms with Gasteiger partial charge in [0.25, 0.3) is 0 Å². The second-order valence-electron chi connectivity index (χ2n) is 9.51. The monoisotopic (exact) mass is 471 g/mol. The van der Waals surface area contributed by atoms with Gasteiger partial charge in [-0.05, 0) is 43.7 Å². The molecule has 1 saturated carbocycles. The minimum atomic E-state index is -2.27. The van der Waals surface area contributed by atoms with Crippen LogP contribution < -0.4 is 20.3 Å². The van der Waals surface area contributed by atoms with E-state index in [9.17, 15) is 8.76 Å². The zero-order valence-electron chi connectivity index (χ0n) is 19.6. The summed E-state index contributed by atoms with van der Waals surface area (Å²) >= 11 is -2.27. The lowest BCUT2D eigenvalue weighted by atomic mass is 9.92. The molecule has 10 heteroatoms. The lowest BCUT2D eigenvalue weighted by Gasteiger charge is -2.29. The van der Waals surface area contributed by atoms with Crippen molar-refractivity contribution in [2.24, 2.45) is 5.73 Å². The normalized spacial score (nSPS) is 20.2. The summed E-state index contributed by atoms with van der Waals surface area (Å²) in [5.74, 6) is 1.89. The highest BCUT2D eigenvalue weighted by Gasteiger charge is 2.22. The minimum Gasteiger partial charge on any atom is -0.724 e. The summed E-state index contributed by atoms with van der Waals surface area (Å²) in [5.41, 5.74) is 9.48. The maximum absolute atomic E-state index is 11.5. The van der Waals surface area contributed by atoms with Crippen molar-refractivity contribution in [3.63, 3.8) is 0 Å². The standard InChI is InChI=1S/C23H33N7O2S/c1-15(2)20-14-25-29-22(27-18-9-11-19(12-10-18)30(3,4)33(31)32)13-21(28-23(20)29)26-17-7-5-16(24)6-8-17/h9-17,27H,5-8,24H2,1-4H3,(H-,26,28,31,32). The highest BCUT2D eigenvalue weighted by atomic mass is 32.2. The largest absolute Gasteiger partial charge is 0.724 e. The molecule has 178 valence electrons. The van der Waals surface area contributed by atoms with Gasteiger partial charge in [0, 0.05) is 41.5 Å². The molecule has 4 rings (SSSR count). The molecule has 0 radical (unpaired) electrons. The second kappa shape index (κ2) is 9.38. The molecule has 1 aliphatic carbocycles. The van der Waals surface area contributed by atoms with Gasteiger partial charge in [0.1, 0.15) is 17.3 Å². The average molecular weight is 472 g/mol. The molecule has 3 aromatic rings. The predicted molar refractivity (Wildman–Crippen MR) is 133 cm³/mol. The Morgan fingerprint density at radius 2 is 1.85 bits per heavy atom. The fourth-order valence-electron chi connectivity index (χ4n) is 4.16. The Bertz CT molecular complexity index is 1140. The van der Waals surface area contributed by atoms with Crippen molar-refractivity contribution in [2.75, 3.05) is 24.7 Å². The van der Waals surface area contributed by atoms with E-state index in [1.54, 1.807) is 14.1 Å². The van der Waals surface area contributed by atoms with Crippen LogP contribution in [-0.2, 0) is 11.3 Å². The number of quaternary nitrogens is 1. The average Bonchev–Trinajstić information content (AvgIpc) is 3.20. The van der Waals surface area contributed by atoms with Crippen LogP contribution >= 0.6 is 0 Å². The number of hydrogen-bond donors (Lipinski definition) is 3. The first kappa shape index (κ1) is 23.6. The molecular weight excluding hydrogens is 438 g/mol. The first-order valence-electron chi connectivity index (χ1n) is 11.4. The van der Waals surface area contributed by atoms with Crippen LogP contribution in [-0.4, -0.2) is 49.5 Å². The van der Waals surface area contributed by atoms with E-state index in [0.29, 0.717) is 17.8 Å². The first-order valence-corrected chi connectivity index (χ1v) is 12.4. The summed E-state index contributed by atoms with van der Waals surface area (Å²) in [6, 6.07) is 9.98. The third kappa shape index (κ3) is 5.03. The van der Waals surface area contributed by atoms with E-state index < -0.39 is 11.3 Å². The van der Waals surface area contributed by atoms with Gasteiger partial charge in [0.2, 0.25) is 0 Å². The molecule has 0 amide bonds. The fourth-order valence-corrected chi connectivity index (χ4v) is 4.45. The van der Waals surface area contributed by atoms with E-state index in [1.807, 2.05) is 41.0 Å². The van der Waals surface area contributed by atoms with Gasteiger partial charge in [-0.3, -0.25) is 0 Å². The highest BCUT2D eigenvalue weighted by molar-refractivity contribution is 7.78. The van der Waals surface area contributed by atoms with Gasteiger partial charge in [-0.15, -0.1) is 0 Å². The number of nitrogens with zero attached hydrogens (tertiary/aromatic N) is 4. The lowest BCUT2D eigenvalue weighted by molar-refractivity contribution is 0.410. The summed E-state index contributed by atoms with van der Waals surface area (Å²) in [6.45, 7) is 4.26. The number of nitrogens with one attached hydrogen (secondary N) is 2. The highest BCUT2D eigenvalue weighted by Crippen LogP contribution is 2.29. The van der Waals surface area contributed by atoms with Gasteiger partial charge in [0.15, 0.2) is 16.9 Å². The molecule has 0 aliphatic heterocycles. The number of aromatic nitrogens is 3.